The molecule has 1 N–H and O–H groups in total. The van der Waals surface area contributed by atoms with Gasteiger partial charge in [0.1, 0.15) is 0 Å². The van der Waals surface area contributed by atoms with Crippen LogP contribution in [0.3, 0.4) is 0 Å². The van der Waals surface area contributed by atoms with Crippen LogP contribution >= 0.6 is 11.6 Å². The first-order valence-corrected chi connectivity index (χ1v) is 10.8. The number of carbonyl (C=O) groups is 1. The van der Waals surface area contributed by atoms with Crippen LogP contribution in [0.4, 0.5) is 0 Å². The van der Waals surface area contributed by atoms with Gasteiger partial charge in [0.05, 0.1) is 19.6 Å². The van der Waals surface area contributed by atoms with Gasteiger partial charge in [-0.3, -0.25) is 9.79 Å². The summed E-state index contributed by atoms with van der Waals surface area (Å²) in [5.74, 6) is 0.833. The van der Waals surface area contributed by atoms with Gasteiger partial charge in [-0.15, -0.1) is 0 Å². The SMILES string of the molecule is CCNC(=NCC1(c2cccc(Cl)c2)CCOCC1)N1CC(C)C(C(=O)OC)C1. The van der Waals surface area contributed by atoms with E-state index in [4.69, 9.17) is 26.1 Å². The van der Waals surface area contributed by atoms with Crippen LogP contribution in [0.5, 0.6) is 0 Å². The highest BCUT2D eigenvalue weighted by Crippen LogP contribution is 2.36. The summed E-state index contributed by atoms with van der Waals surface area (Å²) in [4.78, 5) is 19.3. The van der Waals surface area contributed by atoms with Gasteiger partial charge in [0.15, 0.2) is 5.96 Å². The lowest BCUT2D eigenvalue weighted by molar-refractivity contribution is -0.145. The first-order chi connectivity index (χ1) is 14.0. The summed E-state index contributed by atoms with van der Waals surface area (Å²) < 4.78 is 10.6. The Hall–Kier alpha value is -1.79. The number of methoxy groups -OCH3 is 1. The van der Waals surface area contributed by atoms with Gasteiger partial charge < -0.3 is 19.7 Å². The van der Waals surface area contributed by atoms with E-state index in [9.17, 15) is 4.79 Å². The quantitative estimate of drug-likeness (QED) is 0.449. The standard InChI is InChI=1S/C22H32ClN3O3/c1-4-24-21(26-13-16(2)19(14-26)20(27)28-3)25-15-22(8-10-29-11-9-22)17-6-5-7-18(23)12-17/h5-7,12,16,19H,4,8-11,13-15H2,1-3H3,(H,24,25). The fourth-order valence-corrected chi connectivity index (χ4v) is 4.56. The fourth-order valence-electron chi connectivity index (χ4n) is 4.37. The molecule has 0 radical (unpaired) electrons. The minimum atomic E-state index is -0.143. The third-order valence-electron chi connectivity index (χ3n) is 6.17. The van der Waals surface area contributed by atoms with Crippen LogP contribution in [0.25, 0.3) is 0 Å². The van der Waals surface area contributed by atoms with Gasteiger partial charge >= 0.3 is 5.97 Å². The molecule has 6 nitrogen and oxygen atoms in total. The van der Waals surface area contributed by atoms with Gasteiger partial charge in [0.25, 0.3) is 0 Å². The Bertz CT molecular complexity index is 734. The molecule has 1 aromatic carbocycles. The van der Waals surface area contributed by atoms with E-state index in [0.29, 0.717) is 13.1 Å². The number of nitrogens with zero attached hydrogens (tertiary/aromatic N) is 2. The van der Waals surface area contributed by atoms with E-state index < -0.39 is 0 Å². The molecule has 2 aliphatic heterocycles. The maximum Gasteiger partial charge on any atom is 0.310 e. The third-order valence-corrected chi connectivity index (χ3v) is 6.40. The minimum absolute atomic E-state index is 0.0864. The number of benzene rings is 1. The molecule has 2 unspecified atom stereocenters. The van der Waals surface area contributed by atoms with E-state index in [1.165, 1.54) is 12.7 Å². The molecular formula is C22H32ClN3O3. The van der Waals surface area contributed by atoms with Gasteiger partial charge in [-0.1, -0.05) is 30.7 Å². The molecule has 29 heavy (non-hydrogen) atoms. The first kappa shape index (κ1) is 21.9. The zero-order chi connectivity index (χ0) is 20.9. The molecule has 0 aromatic heterocycles. The molecule has 0 saturated carbocycles. The normalized spacial score (nSPS) is 24.4. The van der Waals surface area contributed by atoms with Crippen LogP contribution in [0.1, 0.15) is 32.3 Å². The summed E-state index contributed by atoms with van der Waals surface area (Å²) in [5.41, 5.74) is 1.13. The van der Waals surface area contributed by atoms with E-state index in [-0.39, 0.29) is 23.2 Å². The van der Waals surface area contributed by atoms with Crippen molar-refractivity contribution in [2.45, 2.75) is 32.1 Å². The fraction of sp³-hybridized carbons (Fsp3) is 0.636. The molecule has 3 rings (SSSR count). The molecule has 0 aliphatic carbocycles. The maximum atomic E-state index is 12.1. The van der Waals surface area contributed by atoms with Crippen molar-refractivity contribution in [1.29, 1.82) is 0 Å². The van der Waals surface area contributed by atoms with Gasteiger partial charge in [0.2, 0.25) is 0 Å². The van der Waals surface area contributed by atoms with Crippen molar-refractivity contribution in [2.24, 2.45) is 16.8 Å². The zero-order valence-corrected chi connectivity index (χ0v) is 18.4. The van der Waals surface area contributed by atoms with Gasteiger partial charge in [0, 0.05) is 43.3 Å². The Morgan fingerprint density at radius 3 is 2.79 bits per heavy atom. The average Bonchev–Trinajstić information content (AvgIpc) is 3.12. The highest BCUT2D eigenvalue weighted by Gasteiger charge is 2.38. The van der Waals surface area contributed by atoms with Crippen molar-refractivity contribution >= 4 is 23.5 Å². The van der Waals surface area contributed by atoms with Crippen LogP contribution in [0, 0.1) is 11.8 Å². The molecule has 2 heterocycles. The number of ether oxygens (including phenoxy) is 2. The second-order valence-electron chi connectivity index (χ2n) is 8.09. The Kier molecular flexibility index (Phi) is 7.41. The van der Waals surface area contributed by atoms with Gasteiger partial charge in [-0.05, 0) is 43.4 Å². The molecule has 0 bridgehead atoms. The molecule has 0 amide bonds. The van der Waals surface area contributed by atoms with Crippen LogP contribution in [0.15, 0.2) is 29.3 Å². The number of hydrogen-bond donors (Lipinski definition) is 1. The predicted octanol–water partition coefficient (Wildman–Crippen LogP) is 3.09. The van der Waals surface area contributed by atoms with Crippen molar-refractivity contribution in [3.8, 4) is 0 Å². The molecule has 2 atom stereocenters. The second-order valence-corrected chi connectivity index (χ2v) is 8.52. The highest BCUT2D eigenvalue weighted by atomic mass is 35.5. The maximum absolute atomic E-state index is 12.1. The number of esters is 1. The van der Waals surface area contributed by atoms with Crippen molar-refractivity contribution < 1.29 is 14.3 Å². The summed E-state index contributed by atoms with van der Waals surface area (Å²) in [6, 6.07) is 8.11. The number of hydrogen-bond acceptors (Lipinski definition) is 4. The van der Waals surface area contributed by atoms with Crippen molar-refractivity contribution in [3.05, 3.63) is 34.9 Å². The summed E-state index contributed by atoms with van der Waals surface area (Å²) in [7, 11) is 1.46. The Morgan fingerprint density at radius 1 is 1.38 bits per heavy atom. The van der Waals surface area contributed by atoms with E-state index in [1.807, 2.05) is 12.1 Å². The zero-order valence-electron chi connectivity index (χ0n) is 17.6. The number of carbonyl (C=O) groups excluding carboxylic acids is 1. The van der Waals surface area contributed by atoms with Gasteiger partial charge in [-0.25, -0.2) is 0 Å². The molecule has 0 spiro atoms. The van der Waals surface area contributed by atoms with E-state index in [2.05, 4.69) is 36.2 Å². The molecule has 2 saturated heterocycles. The van der Waals surface area contributed by atoms with Gasteiger partial charge in [-0.2, -0.15) is 0 Å². The Balaban J connectivity index is 1.83. The molecule has 2 fully saturated rings. The average molecular weight is 422 g/mol. The minimum Gasteiger partial charge on any atom is -0.469 e. The third kappa shape index (κ3) is 5.04. The van der Waals surface area contributed by atoms with Crippen LogP contribution in [0.2, 0.25) is 5.02 Å². The molecule has 1 aromatic rings. The Morgan fingerprint density at radius 2 is 2.14 bits per heavy atom. The largest absolute Gasteiger partial charge is 0.469 e. The molecule has 2 aliphatic rings. The Labute approximate surface area is 178 Å². The number of nitrogens with one attached hydrogen (secondary N) is 1. The summed E-state index contributed by atoms with van der Waals surface area (Å²) in [5, 5.41) is 4.16. The van der Waals surface area contributed by atoms with E-state index >= 15 is 0 Å². The summed E-state index contributed by atoms with van der Waals surface area (Å²) in [6.07, 6.45) is 1.83. The summed E-state index contributed by atoms with van der Waals surface area (Å²) in [6.45, 7) is 8.47. The second kappa shape index (κ2) is 9.81. The molecular weight excluding hydrogens is 390 g/mol. The topological polar surface area (TPSA) is 63.2 Å². The van der Waals surface area contributed by atoms with Crippen molar-refractivity contribution in [1.82, 2.24) is 10.2 Å². The van der Waals surface area contributed by atoms with E-state index in [1.54, 1.807) is 0 Å². The smallest absolute Gasteiger partial charge is 0.310 e. The number of likely N-dealkylation sites (tertiary alicyclic amines) is 1. The number of rotatable bonds is 5. The van der Waals surface area contributed by atoms with Crippen LogP contribution in [-0.2, 0) is 19.7 Å². The van der Waals surface area contributed by atoms with Crippen LogP contribution in [-0.4, -0.2) is 63.3 Å². The van der Waals surface area contributed by atoms with E-state index in [0.717, 1.165) is 50.1 Å². The van der Waals surface area contributed by atoms with Crippen molar-refractivity contribution in [2.75, 3.05) is 46.5 Å². The monoisotopic (exact) mass is 421 g/mol. The first-order valence-electron chi connectivity index (χ1n) is 10.4. The van der Waals surface area contributed by atoms with Crippen LogP contribution < -0.4 is 5.32 Å². The molecule has 7 heteroatoms. The highest BCUT2D eigenvalue weighted by molar-refractivity contribution is 6.30. The predicted molar refractivity (Wildman–Crippen MR) is 115 cm³/mol. The van der Waals surface area contributed by atoms with Crippen molar-refractivity contribution in [3.63, 3.8) is 0 Å². The molecule has 160 valence electrons. The lowest BCUT2D eigenvalue weighted by atomic mass is 9.74. The number of guanidine groups is 1. The number of aliphatic imine (C=N–C) groups is 1. The lowest BCUT2D eigenvalue weighted by Crippen LogP contribution is -2.43. The lowest BCUT2D eigenvalue weighted by Gasteiger charge is -2.37. The summed E-state index contributed by atoms with van der Waals surface area (Å²) >= 11 is 6.29. The number of halogens is 1.